The SMILES string of the molecule is COc1nc2c(N3CCOCC3)cc(F)cc2[nH]1. The number of nitrogens with zero attached hydrogens (tertiary/aromatic N) is 2. The van der Waals surface area contributed by atoms with Crippen molar-refractivity contribution in [3.63, 3.8) is 0 Å². The van der Waals surface area contributed by atoms with E-state index in [1.165, 1.54) is 19.2 Å². The molecule has 3 rings (SSSR count). The zero-order valence-corrected chi connectivity index (χ0v) is 10.1. The fraction of sp³-hybridized carbons (Fsp3) is 0.417. The Kier molecular flexibility index (Phi) is 2.79. The highest BCUT2D eigenvalue weighted by Gasteiger charge is 2.17. The summed E-state index contributed by atoms with van der Waals surface area (Å²) < 4.78 is 24.0. The molecule has 1 saturated heterocycles. The zero-order chi connectivity index (χ0) is 12.5. The average molecular weight is 251 g/mol. The Morgan fingerprint density at radius 2 is 2.17 bits per heavy atom. The quantitative estimate of drug-likeness (QED) is 0.879. The second-order valence-electron chi connectivity index (χ2n) is 4.17. The summed E-state index contributed by atoms with van der Waals surface area (Å²) >= 11 is 0. The fourth-order valence-corrected chi connectivity index (χ4v) is 2.18. The number of fused-ring (bicyclic) bond motifs is 1. The van der Waals surface area contributed by atoms with Crippen LogP contribution in [0, 0.1) is 5.82 Å². The average Bonchev–Trinajstić information content (AvgIpc) is 2.81. The molecule has 1 aromatic carbocycles. The lowest BCUT2D eigenvalue weighted by molar-refractivity contribution is 0.123. The number of aromatic nitrogens is 2. The number of hydrogen-bond donors (Lipinski definition) is 1. The summed E-state index contributed by atoms with van der Waals surface area (Å²) in [7, 11) is 1.53. The Balaban J connectivity index is 2.10. The van der Waals surface area contributed by atoms with Crippen LogP contribution in [0.3, 0.4) is 0 Å². The Morgan fingerprint density at radius 3 is 2.89 bits per heavy atom. The van der Waals surface area contributed by atoms with Crippen LogP contribution in [0.15, 0.2) is 12.1 Å². The van der Waals surface area contributed by atoms with E-state index in [2.05, 4.69) is 14.9 Å². The van der Waals surface area contributed by atoms with E-state index in [9.17, 15) is 4.39 Å². The summed E-state index contributed by atoms with van der Waals surface area (Å²) in [6, 6.07) is 3.33. The van der Waals surface area contributed by atoms with Crippen molar-refractivity contribution >= 4 is 16.7 Å². The molecule has 0 unspecified atom stereocenters. The molecule has 1 aliphatic heterocycles. The Labute approximate surface area is 104 Å². The van der Waals surface area contributed by atoms with Gasteiger partial charge in [0.05, 0.1) is 31.5 Å². The van der Waals surface area contributed by atoms with Crippen molar-refractivity contribution in [1.82, 2.24) is 9.97 Å². The second kappa shape index (κ2) is 4.45. The number of halogens is 1. The predicted octanol–water partition coefficient (Wildman–Crippen LogP) is 1.55. The van der Waals surface area contributed by atoms with E-state index in [0.717, 1.165) is 24.3 Å². The van der Waals surface area contributed by atoms with Crippen LogP contribution in [0.4, 0.5) is 10.1 Å². The summed E-state index contributed by atoms with van der Waals surface area (Å²) in [4.78, 5) is 9.33. The number of ether oxygens (including phenoxy) is 2. The van der Waals surface area contributed by atoms with Gasteiger partial charge < -0.3 is 19.4 Å². The minimum atomic E-state index is -0.282. The third-order valence-corrected chi connectivity index (χ3v) is 3.05. The van der Waals surface area contributed by atoms with Crippen molar-refractivity contribution in [2.45, 2.75) is 0 Å². The number of anilines is 1. The monoisotopic (exact) mass is 251 g/mol. The molecule has 96 valence electrons. The fourth-order valence-electron chi connectivity index (χ4n) is 2.18. The van der Waals surface area contributed by atoms with E-state index in [1.807, 2.05) is 0 Å². The van der Waals surface area contributed by atoms with Crippen molar-refractivity contribution in [3.8, 4) is 6.01 Å². The molecule has 0 radical (unpaired) electrons. The Morgan fingerprint density at radius 1 is 1.39 bits per heavy atom. The van der Waals surface area contributed by atoms with Crippen molar-refractivity contribution in [3.05, 3.63) is 17.9 Å². The molecule has 0 bridgehead atoms. The lowest BCUT2D eigenvalue weighted by Crippen LogP contribution is -2.36. The first-order chi connectivity index (χ1) is 8.78. The first-order valence-electron chi connectivity index (χ1n) is 5.84. The smallest absolute Gasteiger partial charge is 0.294 e. The van der Waals surface area contributed by atoms with Crippen LogP contribution in [0.25, 0.3) is 11.0 Å². The van der Waals surface area contributed by atoms with Crippen LogP contribution < -0.4 is 9.64 Å². The number of methoxy groups -OCH3 is 1. The number of H-pyrrole nitrogens is 1. The number of nitrogens with one attached hydrogen (secondary N) is 1. The van der Waals surface area contributed by atoms with Crippen molar-refractivity contribution < 1.29 is 13.9 Å². The molecule has 0 aliphatic carbocycles. The van der Waals surface area contributed by atoms with Crippen molar-refractivity contribution in [2.75, 3.05) is 38.3 Å². The highest BCUT2D eigenvalue weighted by Crippen LogP contribution is 2.28. The van der Waals surface area contributed by atoms with Gasteiger partial charge in [-0.25, -0.2) is 4.39 Å². The molecule has 5 nitrogen and oxygen atoms in total. The number of morpholine rings is 1. The molecule has 2 aromatic rings. The van der Waals surface area contributed by atoms with Gasteiger partial charge in [0.1, 0.15) is 11.3 Å². The molecule has 0 amide bonds. The minimum Gasteiger partial charge on any atom is -0.468 e. The molecular formula is C12H14FN3O2. The largest absolute Gasteiger partial charge is 0.468 e. The third-order valence-electron chi connectivity index (χ3n) is 3.05. The predicted molar refractivity (Wildman–Crippen MR) is 65.6 cm³/mol. The van der Waals surface area contributed by atoms with Gasteiger partial charge in [0, 0.05) is 13.1 Å². The molecular weight excluding hydrogens is 237 g/mol. The first kappa shape index (κ1) is 11.3. The standard InChI is InChI=1S/C12H14FN3O2/c1-17-12-14-9-6-8(13)7-10(11(9)15-12)16-2-4-18-5-3-16/h6-7H,2-5H2,1H3,(H,14,15). The van der Waals surface area contributed by atoms with E-state index >= 15 is 0 Å². The summed E-state index contributed by atoms with van der Waals surface area (Å²) in [6.07, 6.45) is 0. The van der Waals surface area contributed by atoms with Gasteiger partial charge in [-0.15, -0.1) is 0 Å². The minimum absolute atomic E-state index is 0.282. The Hall–Kier alpha value is -1.82. The highest BCUT2D eigenvalue weighted by atomic mass is 19.1. The number of rotatable bonds is 2. The van der Waals surface area contributed by atoms with Gasteiger partial charge in [-0.05, 0) is 12.1 Å². The van der Waals surface area contributed by atoms with Gasteiger partial charge in [0.2, 0.25) is 0 Å². The van der Waals surface area contributed by atoms with Gasteiger partial charge in [0.15, 0.2) is 0 Å². The molecule has 1 fully saturated rings. The van der Waals surface area contributed by atoms with Gasteiger partial charge in [-0.3, -0.25) is 0 Å². The summed E-state index contributed by atoms with van der Waals surface area (Å²) in [5, 5.41) is 0. The molecule has 0 saturated carbocycles. The molecule has 6 heteroatoms. The van der Waals surface area contributed by atoms with Gasteiger partial charge in [0.25, 0.3) is 6.01 Å². The maximum absolute atomic E-state index is 13.6. The van der Waals surface area contributed by atoms with Crippen LogP contribution in [0.1, 0.15) is 0 Å². The normalized spacial score (nSPS) is 16.2. The molecule has 0 spiro atoms. The lowest BCUT2D eigenvalue weighted by Gasteiger charge is -2.28. The van der Waals surface area contributed by atoms with Crippen LogP contribution >= 0.6 is 0 Å². The topological polar surface area (TPSA) is 50.4 Å². The molecule has 1 aliphatic rings. The molecule has 1 aromatic heterocycles. The van der Waals surface area contributed by atoms with E-state index in [4.69, 9.17) is 9.47 Å². The first-order valence-corrected chi connectivity index (χ1v) is 5.84. The van der Waals surface area contributed by atoms with Crippen LogP contribution in [-0.4, -0.2) is 43.4 Å². The Bertz CT molecular complexity index is 564. The van der Waals surface area contributed by atoms with Crippen LogP contribution in [0.5, 0.6) is 6.01 Å². The van der Waals surface area contributed by atoms with Crippen LogP contribution in [-0.2, 0) is 4.74 Å². The summed E-state index contributed by atoms with van der Waals surface area (Å²) in [6.45, 7) is 2.79. The van der Waals surface area contributed by atoms with E-state index in [0.29, 0.717) is 24.7 Å². The van der Waals surface area contributed by atoms with Gasteiger partial charge in [-0.2, -0.15) is 4.98 Å². The van der Waals surface area contributed by atoms with Crippen LogP contribution in [0.2, 0.25) is 0 Å². The third kappa shape index (κ3) is 1.88. The second-order valence-corrected chi connectivity index (χ2v) is 4.17. The molecule has 18 heavy (non-hydrogen) atoms. The number of hydrogen-bond acceptors (Lipinski definition) is 4. The number of benzene rings is 1. The molecule has 2 heterocycles. The molecule has 0 atom stereocenters. The van der Waals surface area contributed by atoms with Gasteiger partial charge >= 0.3 is 0 Å². The lowest BCUT2D eigenvalue weighted by atomic mass is 10.2. The maximum Gasteiger partial charge on any atom is 0.294 e. The van der Waals surface area contributed by atoms with Crippen molar-refractivity contribution in [2.24, 2.45) is 0 Å². The summed E-state index contributed by atoms with van der Waals surface area (Å²) in [5.41, 5.74) is 2.16. The maximum atomic E-state index is 13.6. The number of imidazole rings is 1. The van der Waals surface area contributed by atoms with Gasteiger partial charge in [-0.1, -0.05) is 0 Å². The van der Waals surface area contributed by atoms with E-state index < -0.39 is 0 Å². The van der Waals surface area contributed by atoms with E-state index in [-0.39, 0.29) is 5.82 Å². The van der Waals surface area contributed by atoms with Crippen molar-refractivity contribution in [1.29, 1.82) is 0 Å². The zero-order valence-electron chi connectivity index (χ0n) is 10.1. The summed E-state index contributed by atoms with van der Waals surface area (Å²) in [5.74, 6) is -0.282. The number of aromatic amines is 1. The van der Waals surface area contributed by atoms with E-state index in [1.54, 1.807) is 0 Å². The molecule has 1 N–H and O–H groups in total. The highest BCUT2D eigenvalue weighted by molar-refractivity contribution is 5.89.